The second-order valence-electron chi connectivity index (χ2n) is 6.41. The van der Waals surface area contributed by atoms with Crippen molar-refractivity contribution in [1.82, 2.24) is 14.7 Å². The molecule has 1 aromatic heterocycles. The smallest absolute Gasteiger partial charge is 0.274 e. The molecule has 0 bridgehead atoms. The molecule has 0 spiro atoms. The molecule has 1 aliphatic rings. The summed E-state index contributed by atoms with van der Waals surface area (Å²) in [6.45, 7) is 4.34. The highest BCUT2D eigenvalue weighted by atomic mass is 16.5. The van der Waals surface area contributed by atoms with Crippen LogP contribution < -0.4 is 4.74 Å². The molecule has 6 nitrogen and oxygen atoms in total. The summed E-state index contributed by atoms with van der Waals surface area (Å²) >= 11 is 0. The van der Waals surface area contributed by atoms with Crippen LogP contribution in [0.15, 0.2) is 36.5 Å². The Morgan fingerprint density at radius 3 is 2.83 bits per heavy atom. The number of carbonyl (C=O) groups is 1. The van der Waals surface area contributed by atoms with Crippen LogP contribution >= 0.6 is 0 Å². The third-order valence-corrected chi connectivity index (χ3v) is 4.37. The largest absolute Gasteiger partial charge is 0.497 e. The second-order valence-corrected chi connectivity index (χ2v) is 6.41. The number of amides is 1. The van der Waals surface area contributed by atoms with E-state index in [4.69, 9.17) is 4.74 Å². The van der Waals surface area contributed by atoms with Crippen LogP contribution in [0.5, 0.6) is 5.75 Å². The molecule has 2 atom stereocenters. The number of hydrogen-bond acceptors (Lipinski definition) is 4. The third kappa shape index (κ3) is 3.14. The van der Waals surface area contributed by atoms with Crippen LogP contribution in [0, 0.1) is 0 Å². The molecule has 2 heterocycles. The second kappa shape index (κ2) is 6.65. The summed E-state index contributed by atoms with van der Waals surface area (Å²) in [4.78, 5) is 14.6. The maximum atomic E-state index is 12.9. The molecule has 1 saturated heterocycles. The van der Waals surface area contributed by atoms with Gasteiger partial charge in [0, 0.05) is 18.8 Å². The number of hydrogen-bond donors (Lipinski definition) is 1. The van der Waals surface area contributed by atoms with Gasteiger partial charge in [-0.1, -0.05) is 12.1 Å². The molecule has 0 saturated carbocycles. The lowest BCUT2D eigenvalue weighted by atomic mass is 10.0. The van der Waals surface area contributed by atoms with Crippen molar-refractivity contribution in [3.8, 4) is 5.75 Å². The van der Waals surface area contributed by atoms with Gasteiger partial charge in [0.2, 0.25) is 0 Å². The van der Waals surface area contributed by atoms with E-state index >= 15 is 0 Å². The Balaban J connectivity index is 1.87. The van der Waals surface area contributed by atoms with Crippen LogP contribution in [0.1, 0.15) is 48.4 Å². The van der Waals surface area contributed by atoms with Gasteiger partial charge < -0.3 is 14.7 Å². The molecule has 2 aromatic rings. The zero-order chi connectivity index (χ0) is 17.3. The highest BCUT2D eigenvalue weighted by Gasteiger charge is 2.36. The molecule has 3 rings (SSSR count). The minimum absolute atomic E-state index is 0.154. The molecule has 1 N–H and O–H groups in total. The predicted octanol–water partition coefficient (Wildman–Crippen LogP) is 2.42. The van der Waals surface area contributed by atoms with Gasteiger partial charge in [0.25, 0.3) is 5.91 Å². The van der Waals surface area contributed by atoms with Gasteiger partial charge in [-0.05, 0) is 44.0 Å². The number of aromatic nitrogens is 2. The monoisotopic (exact) mass is 329 g/mol. The number of carbonyl (C=O) groups excluding carboxylic acids is 1. The molecular formula is C18H23N3O3. The molecule has 6 heteroatoms. The molecule has 24 heavy (non-hydrogen) atoms. The topological polar surface area (TPSA) is 67.6 Å². The first-order valence-electron chi connectivity index (χ1n) is 8.17. The molecular weight excluding hydrogens is 306 g/mol. The van der Waals surface area contributed by atoms with E-state index < -0.39 is 6.10 Å². The highest BCUT2D eigenvalue weighted by molar-refractivity contribution is 5.92. The normalized spacial score (nSPS) is 20.6. The fraction of sp³-hybridized carbons (Fsp3) is 0.444. The van der Waals surface area contributed by atoms with Crippen molar-refractivity contribution in [2.24, 2.45) is 0 Å². The SMILES string of the molecule is COc1cccc(C2CC(O)CN2C(=O)c2ccn(C(C)C)n2)c1. The lowest BCUT2D eigenvalue weighted by molar-refractivity contribution is 0.0708. The minimum atomic E-state index is -0.530. The molecule has 1 fully saturated rings. The first-order valence-corrected chi connectivity index (χ1v) is 8.17. The zero-order valence-electron chi connectivity index (χ0n) is 14.2. The van der Waals surface area contributed by atoms with E-state index in [2.05, 4.69) is 5.10 Å². The number of likely N-dealkylation sites (tertiary alicyclic amines) is 1. The Hall–Kier alpha value is -2.34. The standard InChI is InChI=1S/C18H23N3O3/c1-12(2)21-8-7-16(19-21)18(23)20-11-14(22)10-17(20)13-5-4-6-15(9-13)24-3/h4-9,12,14,17,22H,10-11H2,1-3H3. The molecule has 1 aromatic carbocycles. The lowest BCUT2D eigenvalue weighted by Crippen LogP contribution is -2.32. The highest BCUT2D eigenvalue weighted by Crippen LogP contribution is 2.34. The molecule has 1 amide bonds. The Bertz CT molecular complexity index is 726. The third-order valence-electron chi connectivity index (χ3n) is 4.37. The molecule has 0 radical (unpaired) electrons. The fourth-order valence-corrected chi connectivity index (χ4v) is 3.09. The number of aliphatic hydroxyl groups is 1. The molecule has 2 unspecified atom stereocenters. The van der Waals surface area contributed by atoms with Crippen molar-refractivity contribution in [2.45, 2.75) is 38.5 Å². The van der Waals surface area contributed by atoms with E-state index in [1.165, 1.54) is 0 Å². The van der Waals surface area contributed by atoms with Gasteiger partial charge in [0.15, 0.2) is 0 Å². The lowest BCUT2D eigenvalue weighted by Gasteiger charge is -2.24. The zero-order valence-corrected chi connectivity index (χ0v) is 14.2. The number of rotatable bonds is 4. The van der Waals surface area contributed by atoms with Gasteiger partial charge in [-0.3, -0.25) is 9.48 Å². The predicted molar refractivity (Wildman–Crippen MR) is 90.0 cm³/mol. The average Bonchev–Trinajstić information content (AvgIpc) is 3.21. The summed E-state index contributed by atoms with van der Waals surface area (Å²) < 4.78 is 7.03. The van der Waals surface area contributed by atoms with E-state index in [0.29, 0.717) is 18.7 Å². The van der Waals surface area contributed by atoms with Gasteiger partial charge in [-0.25, -0.2) is 0 Å². The summed E-state index contributed by atoms with van der Waals surface area (Å²) in [6.07, 6.45) is 1.80. The van der Waals surface area contributed by atoms with Crippen LogP contribution in [0.2, 0.25) is 0 Å². The Morgan fingerprint density at radius 1 is 1.38 bits per heavy atom. The van der Waals surface area contributed by atoms with Crippen LogP contribution in [-0.2, 0) is 0 Å². The number of ether oxygens (including phenoxy) is 1. The first-order chi connectivity index (χ1) is 11.5. The van der Waals surface area contributed by atoms with Crippen molar-refractivity contribution in [3.63, 3.8) is 0 Å². The van der Waals surface area contributed by atoms with Crippen molar-refractivity contribution in [3.05, 3.63) is 47.8 Å². The minimum Gasteiger partial charge on any atom is -0.497 e. The van der Waals surface area contributed by atoms with Crippen molar-refractivity contribution in [2.75, 3.05) is 13.7 Å². The van der Waals surface area contributed by atoms with E-state index in [9.17, 15) is 9.90 Å². The molecule has 1 aliphatic heterocycles. The van der Waals surface area contributed by atoms with E-state index in [1.54, 1.807) is 22.8 Å². The maximum Gasteiger partial charge on any atom is 0.274 e. The van der Waals surface area contributed by atoms with Crippen LogP contribution in [0.25, 0.3) is 0 Å². The quantitative estimate of drug-likeness (QED) is 0.935. The summed E-state index contributed by atoms with van der Waals surface area (Å²) in [5.74, 6) is 0.587. The van der Waals surface area contributed by atoms with Crippen molar-refractivity contribution < 1.29 is 14.6 Å². The summed E-state index contributed by atoms with van der Waals surface area (Å²) in [5.41, 5.74) is 1.37. The van der Waals surface area contributed by atoms with Crippen LogP contribution in [0.4, 0.5) is 0 Å². The van der Waals surface area contributed by atoms with Gasteiger partial charge in [-0.2, -0.15) is 5.10 Å². The Kier molecular flexibility index (Phi) is 4.57. The fourth-order valence-electron chi connectivity index (χ4n) is 3.09. The van der Waals surface area contributed by atoms with E-state index in [-0.39, 0.29) is 18.0 Å². The molecule has 0 aliphatic carbocycles. The van der Waals surface area contributed by atoms with Crippen molar-refractivity contribution in [1.29, 1.82) is 0 Å². The molecule has 128 valence electrons. The number of benzene rings is 1. The van der Waals surface area contributed by atoms with Gasteiger partial charge >= 0.3 is 0 Å². The van der Waals surface area contributed by atoms with Crippen molar-refractivity contribution >= 4 is 5.91 Å². The summed E-state index contributed by atoms with van der Waals surface area (Å²) in [6, 6.07) is 9.39. The van der Waals surface area contributed by atoms with Gasteiger partial charge in [0.1, 0.15) is 11.4 Å². The average molecular weight is 329 g/mol. The van der Waals surface area contributed by atoms with Crippen LogP contribution in [-0.4, -0.2) is 45.5 Å². The van der Waals surface area contributed by atoms with Gasteiger partial charge in [0.05, 0.1) is 19.3 Å². The summed E-state index contributed by atoms with van der Waals surface area (Å²) in [5, 5.41) is 14.5. The Labute approximate surface area is 141 Å². The van der Waals surface area contributed by atoms with Crippen LogP contribution in [0.3, 0.4) is 0 Å². The number of aliphatic hydroxyl groups excluding tert-OH is 1. The number of methoxy groups -OCH3 is 1. The number of nitrogens with zero attached hydrogens (tertiary/aromatic N) is 3. The number of β-amino-alcohol motifs (C(OH)–C–C–N with tert-alkyl or cyclic N) is 1. The summed E-state index contributed by atoms with van der Waals surface area (Å²) in [7, 11) is 1.62. The first kappa shape index (κ1) is 16.5. The maximum absolute atomic E-state index is 12.9. The van der Waals surface area contributed by atoms with Gasteiger partial charge in [-0.15, -0.1) is 0 Å². The van der Waals surface area contributed by atoms with E-state index in [0.717, 1.165) is 11.3 Å². The Morgan fingerprint density at radius 2 is 2.17 bits per heavy atom. The van der Waals surface area contributed by atoms with E-state index in [1.807, 2.05) is 44.3 Å².